The van der Waals surface area contributed by atoms with Crippen molar-refractivity contribution < 1.29 is 75.6 Å². The first-order valence-corrected chi connectivity index (χ1v) is 3.70. The molecule has 5 nitrogen and oxygen atoms in total. The molecule has 70 valence electrons. The normalized spacial score (nSPS) is 18.7. The summed E-state index contributed by atoms with van der Waals surface area (Å²) >= 11 is 0. The number of fused-ring (bicyclic) bond motifs is 1. The molecule has 0 spiro atoms. The van der Waals surface area contributed by atoms with E-state index in [2.05, 4.69) is 4.74 Å². The van der Waals surface area contributed by atoms with Crippen LogP contribution in [0.25, 0.3) is 0 Å². The minimum atomic E-state index is -0.833. The molecule has 15 heavy (non-hydrogen) atoms. The van der Waals surface area contributed by atoms with Crippen molar-refractivity contribution >= 4 is 18.0 Å². The van der Waals surface area contributed by atoms with Gasteiger partial charge in [-0.05, 0) is 0 Å². The molecule has 0 N–H and O–H groups in total. The topological polar surface area (TPSA) is 83.5 Å². The van der Waals surface area contributed by atoms with E-state index in [0.29, 0.717) is 6.29 Å². The number of aldehydes is 1. The molecular weight excluding hydrogens is 227 g/mol. The summed E-state index contributed by atoms with van der Waals surface area (Å²) in [4.78, 5) is 32.3. The second-order valence-electron chi connectivity index (χ2n) is 2.72. The molecule has 0 saturated heterocycles. The number of ether oxygens (including phenoxy) is 1. The standard InChI is InChI=1S/C9H4O5.K/c10-3-5-4-1-6(11)7(12)2-8(4)14-9(5)13;/h1-3,11H;/q;+1/p-1. The number of hydrogen-bond acceptors (Lipinski definition) is 5. The summed E-state index contributed by atoms with van der Waals surface area (Å²) in [5.74, 6) is -2.38. The van der Waals surface area contributed by atoms with E-state index in [0.717, 1.165) is 12.2 Å². The quantitative estimate of drug-likeness (QED) is 0.197. The Morgan fingerprint density at radius 3 is 2.53 bits per heavy atom. The molecule has 0 aromatic heterocycles. The van der Waals surface area contributed by atoms with Gasteiger partial charge in [-0.1, -0.05) is 11.8 Å². The molecule has 0 saturated carbocycles. The number of rotatable bonds is 1. The Morgan fingerprint density at radius 1 is 1.27 bits per heavy atom. The first-order valence-electron chi connectivity index (χ1n) is 3.70. The summed E-state index contributed by atoms with van der Waals surface area (Å²) in [7, 11) is 0. The number of allylic oxidation sites excluding steroid dienone is 2. The van der Waals surface area contributed by atoms with Crippen LogP contribution in [-0.4, -0.2) is 18.0 Å². The van der Waals surface area contributed by atoms with Crippen molar-refractivity contribution in [2.24, 2.45) is 0 Å². The van der Waals surface area contributed by atoms with Crippen molar-refractivity contribution in [1.29, 1.82) is 0 Å². The third kappa shape index (κ3) is 2.04. The summed E-state index contributed by atoms with van der Waals surface area (Å²) in [5, 5.41) is 10.9. The zero-order valence-corrected chi connectivity index (χ0v) is 10.9. The first kappa shape index (κ1) is 12.5. The predicted octanol–water partition coefficient (Wildman–Crippen LogP) is -4.25. The van der Waals surface area contributed by atoms with E-state index in [-0.39, 0.29) is 68.3 Å². The Bertz CT molecular complexity index is 455. The smallest absolute Gasteiger partial charge is 0.870 e. The van der Waals surface area contributed by atoms with Crippen LogP contribution in [0.3, 0.4) is 0 Å². The van der Waals surface area contributed by atoms with Gasteiger partial charge in [0.2, 0.25) is 0 Å². The van der Waals surface area contributed by atoms with E-state index in [1.165, 1.54) is 0 Å². The second-order valence-corrected chi connectivity index (χ2v) is 2.72. The number of carbonyl (C=O) groups excluding carboxylic acids is 3. The average molecular weight is 230 g/mol. The molecule has 0 atom stereocenters. The van der Waals surface area contributed by atoms with Gasteiger partial charge in [0.1, 0.15) is 11.3 Å². The van der Waals surface area contributed by atoms with Gasteiger partial charge in [-0.2, -0.15) is 0 Å². The molecule has 6 heteroatoms. The van der Waals surface area contributed by atoms with Crippen LogP contribution >= 0.6 is 0 Å². The van der Waals surface area contributed by atoms with Crippen LogP contribution in [-0.2, 0) is 19.1 Å². The molecule has 0 amide bonds. The van der Waals surface area contributed by atoms with Gasteiger partial charge in [0.25, 0.3) is 0 Å². The Labute approximate surface area is 127 Å². The monoisotopic (exact) mass is 230 g/mol. The van der Waals surface area contributed by atoms with Gasteiger partial charge >= 0.3 is 57.4 Å². The van der Waals surface area contributed by atoms with Crippen LogP contribution in [0.2, 0.25) is 0 Å². The van der Waals surface area contributed by atoms with Crippen LogP contribution in [0, 0.1) is 0 Å². The summed E-state index contributed by atoms with van der Waals surface area (Å²) < 4.78 is 4.60. The molecule has 1 heterocycles. The maximum absolute atomic E-state index is 11.0. The minimum Gasteiger partial charge on any atom is -0.870 e. The van der Waals surface area contributed by atoms with Crippen molar-refractivity contribution in [2.45, 2.75) is 0 Å². The van der Waals surface area contributed by atoms with E-state index in [9.17, 15) is 19.5 Å². The average Bonchev–Trinajstić information content (AvgIpc) is 2.42. The van der Waals surface area contributed by atoms with E-state index in [4.69, 9.17) is 0 Å². The van der Waals surface area contributed by atoms with E-state index in [1.54, 1.807) is 0 Å². The fourth-order valence-electron chi connectivity index (χ4n) is 1.21. The SMILES string of the molecule is O=CC1=C2C=C([O-])C(=O)C=C2OC1=O.[K+]. The van der Waals surface area contributed by atoms with Gasteiger partial charge in [-0.15, -0.1) is 0 Å². The van der Waals surface area contributed by atoms with Crippen molar-refractivity contribution in [3.05, 3.63) is 34.8 Å². The second kappa shape index (κ2) is 4.54. The fraction of sp³-hybridized carbons (Fsp3) is 0. The number of carbonyl (C=O) groups is 3. The molecule has 2 aliphatic rings. The number of esters is 1. The van der Waals surface area contributed by atoms with Crippen molar-refractivity contribution in [2.75, 3.05) is 0 Å². The van der Waals surface area contributed by atoms with Crippen LogP contribution in [0.1, 0.15) is 0 Å². The largest absolute Gasteiger partial charge is 1.00 e. The van der Waals surface area contributed by atoms with Gasteiger partial charge in [0, 0.05) is 11.6 Å². The van der Waals surface area contributed by atoms with Crippen LogP contribution in [0.15, 0.2) is 34.8 Å². The molecule has 0 fully saturated rings. The Hall–Kier alpha value is -0.534. The van der Waals surface area contributed by atoms with Gasteiger partial charge in [-0.3, -0.25) is 9.59 Å². The molecule has 0 aromatic rings. The van der Waals surface area contributed by atoms with Gasteiger partial charge in [0.15, 0.2) is 12.1 Å². The molecule has 1 aliphatic heterocycles. The molecular formula is C9H3KO5. The van der Waals surface area contributed by atoms with E-state index >= 15 is 0 Å². The zero-order valence-electron chi connectivity index (χ0n) is 7.77. The molecule has 2 rings (SSSR count). The van der Waals surface area contributed by atoms with Crippen LogP contribution in [0.5, 0.6) is 0 Å². The first-order chi connectivity index (χ1) is 6.63. The van der Waals surface area contributed by atoms with Gasteiger partial charge < -0.3 is 9.84 Å². The number of hydrogen-bond donors (Lipinski definition) is 0. The summed E-state index contributed by atoms with van der Waals surface area (Å²) in [5.41, 5.74) is -0.133. The van der Waals surface area contributed by atoms with Crippen LogP contribution in [0.4, 0.5) is 0 Å². The van der Waals surface area contributed by atoms with Gasteiger partial charge in [0.05, 0.1) is 0 Å². The van der Waals surface area contributed by atoms with E-state index < -0.39 is 17.5 Å². The van der Waals surface area contributed by atoms with Crippen LogP contribution < -0.4 is 56.5 Å². The predicted molar refractivity (Wildman–Crippen MR) is 40.4 cm³/mol. The van der Waals surface area contributed by atoms with Crippen molar-refractivity contribution in [3.8, 4) is 0 Å². The maximum Gasteiger partial charge on any atom is 1.00 e. The van der Waals surface area contributed by atoms with E-state index in [1.807, 2.05) is 0 Å². The molecule has 0 unspecified atom stereocenters. The third-order valence-electron chi connectivity index (χ3n) is 1.88. The molecule has 0 bridgehead atoms. The third-order valence-corrected chi connectivity index (χ3v) is 1.88. The zero-order chi connectivity index (χ0) is 10.3. The maximum atomic E-state index is 11.0. The number of ketones is 1. The van der Waals surface area contributed by atoms with Crippen molar-refractivity contribution in [3.63, 3.8) is 0 Å². The summed E-state index contributed by atoms with van der Waals surface area (Å²) in [6, 6.07) is 0. The Morgan fingerprint density at radius 2 is 1.93 bits per heavy atom. The molecule has 0 radical (unpaired) electrons. The summed E-state index contributed by atoms with van der Waals surface area (Å²) in [6.07, 6.45) is 2.15. The minimum absolute atomic E-state index is 0. The fourth-order valence-corrected chi connectivity index (χ4v) is 1.21. The Balaban J connectivity index is 0.00000112. The summed E-state index contributed by atoms with van der Waals surface area (Å²) in [6.45, 7) is 0. The molecule has 1 aliphatic carbocycles. The van der Waals surface area contributed by atoms with Gasteiger partial charge in [-0.25, -0.2) is 4.79 Å². The Kier molecular flexibility index (Phi) is 3.80. The molecule has 0 aromatic carbocycles. The van der Waals surface area contributed by atoms with Crippen molar-refractivity contribution in [1.82, 2.24) is 0 Å².